The Morgan fingerprint density at radius 2 is 0.766 bits per heavy atom. The summed E-state index contributed by atoms with van der Waals surface area (Å²) in [6, 6.07) is 60.6. The molecule has 10 rings (SSSR count). The highest BCUT2D eigenvalue weighted by Gasteiger charge is 2.18. The number of benzene rings is 7. The van der Waals surface area contributed by atoms with Gasteiger partial charge < -0.3 is 9.13 Å². The van der Waals surface area contributed by atoms with Crippen LogP contribution in [-0.4, -0.2) is 18.7 Å². The fourth-order valence-electron chi connectivity index (χ4n) is 7.40. The monoisotopic (exact) mass is 600 g/mol. The molecule has 0 aliphatic heterocycles. The Morgan fingerprint density at radius 3 is 1.38 bits per heavy atom. The molecule has 4 nitrogen and oxygen atoms in total. The van der Waals surface area contributed by atoms with E-state index in [4.69, 9.17) is 4.98 Å². The lowest BCUT2D eigenvalue weighted by Gasteiger charge is -2.13. The van der Waals surface area contributed by atoms with Crippen LogP contribution in [0.2, 0.25) is 0 Å². The van der Waals surface area contributed by atoms with Gasteiger partial charge in [0.05, 0.1) is 33.1 Å². The van der Waals surface area contributed by atoms with Gasteiger partial charge in [0.15, 0.2) is 0 Å². The molecule has 0 radical (unpaired) electrons. The van der Waals surface area contributed by atoms with Crippen LogP contribution in [0, 0.1) is 0 Å². The Bertz CT molecular complexity index is 2730. The Morgan fingerprint density at radius 1 is 0.319 bits per heavy atom. The van der Waals surface area contributed by atoms with Crippen LogP contribution in [0.4, 0.5) is 0 Å². The number of fused-ring (bicyclic) bond motifs is 7. The van der Waals surface area contributed by atoms with Crippen LogP contribution in [0.15, 0.2) is 170 Å². The molecule has 0 bridgehead atoms. The number of aromatic nitrogens is 4. The van der Waals surface area contributed by atoms with Gasteiger partial charge in [0, 0.05) is 44.2 Å². The van der Waals surface area contributed by atoms with Crippen LogP contribution >= 0.6 is 0 Å². The lowest BCUT2D eigenvalue weighted by Crippen LogP contribution is -1.99. The molecule has 3 heterocycles. The van der Waals surface area contributed by atoms with Crippen molar-refractivity contribution >= 4 is 54.6 Å². The Labute approximate surface area is 271 Å². The summed E-state index contributed by atoms with van der Waals surface area (Å²) in [6.07, 6.45) is 0. The third-order valence-corrected chi connectivity index (χ3v) is 9.45. The number of nitrogens with zero attached hydrogens (tertiary/aromatic N) is 4. The quantitative estimate of drug-likeness (QED) is 0.197. The average molecular weight is 601 g/mol. The van der Waals surface area contributed by atoms with Crippen molar-refractivity contribution in [1.29, 1.82) is 0 Å². The summed E-state index contributed by atoms with van der Waals surface area (Å²) < 4.78 is 7.01. The summed E-state index contributed by atoms with van der Waals surface area (Å²) in [5.41, 5.74) is 11.3. The predicted octanol–water partition coefficient (Wildman–Crippen LogP) is 10.9. The summed E-state index contributed by atoms with van der Waals surface area (Å²) in [5, 5.41) is 4.96. The van der Waals surface area contributed by atoms with Crippen LogP contribution in [0.25, 0.3) is 83.1 Å². The van der Waals surface area contributed by atoms with Gasteiger partial charge in [-0.15, -0.1) is 0 Å². The number of para-hydroxylation sites is 6. The predicted molar refractivity (Wildman–Crippen MR) is 195 cm³/mol. The maximum absolute atomic E-state index is 5.22. The molecule has 0 saturated heterocycles. The second-order valence-electron chi connectivity index (χ2n) is 12.1. The first kappa shape index (κ1) is 25.9. The summed E-state index contributed by atoms with van der Waals surface area (Å²) >= 11 is 0. The fourth-order valence-corrected chi connectivity index (χ4v) is 7.40. The first-order valence-electron chi connectivity index (χ1n) is 16.0. The number of imidazole rings is 1. The third kappa shape index (κ3) is 3.85. The topological polar surface area (TPSA) is 27.7 Å². The molecule has 0 aliphatic rings. The maximum Gasteiger partial charge on any atom is 0.145 e. The van der Waals surface area contributed by atoms with Gasteiger partial charge in [0.2, 0.25) is 0 Å². The first-order chi connectivity index (χ1) is 23.3. The van der Waals surface area contributed by atoms with E-state index in [2.05, 4.69) is 184 Å². The Kier molecular flexibility index (Phi) is 5.54. The van der Waals surface area contributed by atoms with Crippen LogP contribution in [0.5, 0.6) is 0 Å². The van der Waals surface area contributed by atoms with Crippen LogP contribution in [-0.2, 0) is 0 Å². The van der Waals surface area contributed by atoms with Crippen LogP contribution < -0.4 is 0 Å². The average Bonchev–Trinajstić information content (AvgIpc) is 3.80. The van der Waals surface area contributed by atoms with E-state index in [-0.39, 0.29) is 0 Å². The van der Waals surface area contributed by atoms with Crippen molar-refractivity contribution in [3.05, 3.63) is 170 Å². The minimum atomic E-state index is 0.925. The first-order valence-corrected chi connectivity index (χ1v) is 16.0. The zero-order chi connectivity index (χ0) is 30.9. The van der Waals surface area contributed by atoms with Crippen LogP contribution in [0.3, 0.4) is 0 Å². The standard InChI is InChI=1S/C43H28N4/c1-2-12-30(13-3-1)45-40-20-10-6-16-35(40)36-28-29(22-27-41(36)45)43-44-37-17-7-11-21-42(37)47(43)32-25-23-31(24-26-32)46-38-18-8-4-14-33(38)34-15-5-9-19-39(34)46/h1-28H. The van der Waals surface area contributed by atoms with Gasteiger partial charge in [-0.3, -0.25) is 4.57 Å². The lowest BCUT2D eigenvalue weighted by atomic mass is 10.1. The number of rotatable bonds is 4. The molecular formula is C43H28N4. The van der Waals surface area contributed by atoms with Crippen molar-refractivity contribution in [2.45, 2.75) is 0 Å². The summed E-state index contributed by atoms with van der Waals surface area (Å²) in [7, 11) is 0. The summed E-state index contributed by atoms with van der Waals surface area (Å²) in [6.45, 7) is 0. The van der Waals surface area contributed by atoms with E-state index in [1.165, 1.54) is 43.6 Å². The van der Waals surface area contributed by atoms with Crippen molar-refractivity contribution in [2.75, 3.05) is 0 Å². The van der Waals surface area contributed by atoms with E-state index in [0.29, 0.717) is 0 Å². The second kappa shape index (κ2) is 10.1. The molecule has 0 spiro atoms. The van der Waals surface area contributed by atoms with E-state index < -0.39 is 0 Å². The molecule has 4 heteroatoms. The summed E-state index contributed by atoms with van der Waals surface area (Å²) in [4.78, 5) is 5.22. The Balaban J connectivity index is 1.16. The third-order valence-electron chi connectivity index (χ3n) is 9.45. The van der Waals surface area contributed by atoms with E-state index in [9.17, 15) is 0 Å². The molecular weight excluding hydrogens is 573 g/mol. The van der Waals surface area contributed by atoms with Gasteiger partial charge in [-0.05, 0) is 84.9 Å². The molecule has 10 aromatic rings. The maximum atomic E-state index is 5.22. The minimum Gasteiger partial charge on any atom is -0.309 e. The van der Waals surface area contributed by atoms with Gasteiger partial charge in [-0.2, -0.15) is 0 Å². The zero-order valence-electron chi connectivity index (χ0n) is 25.5. The molecule has 0 amide bonds. The van der Waals surface area contributed by atoms with Gasteiger partial charge in [0.1, 0.15) is 5.82 Å². The molecule has 47 heavy (non-hydrogen) atoms. The molecule has 3 aromatic heterocycles. The molecule has 0 unspecified atom stereocenters. The van der Waals surface area contributed by atoms with E-state index in [1.54, 1.807) is 0 Å². The van der Waals surface area contributed by atoms with E-state index >= 15 is 0 Å². The van der Waals surface area contributed by atoms with E-state index in [0.717, 1.165) is 39.5 Å². The highest BCUT2D eigenvalue weighted by molar-refractivity contribution is 6.11. The largest absolute Gasteiger partial charge is 0.309 e. The SMILES string of the molecule is c1ccc(-n2c3ccccc3c3cc(-c4nc5ccccc5n4-c4ccc(-n5c6ccccc6c6ccccc65)cc4)ccc32)cc1. The van der Waals surface area contributed by atoms with Gasteiger partial charge in [0.25, 0.3) is 0 Å². The van der Waals surface area contributed by atoms with Crippen molar-refractivity contribution in [2.24, 2.45) is 0 Å². The minimum absolute atomic E-state index is 0.925. The number of hydrogen-bond donors (Lipinski definition) is 0. The van der Waals surface area contributed by atoms with Crippen molar-refractivity contribution in [3.63, 3.8) is 0 Å². The van der Waals surface area contributed by atoms with Gasteiger partial charge >= 0.3 is 0 Å². The molecule has 0 N–H and O–H groups in total. The highest BCUT2D eigenvalue weighted by Crippen LogP contribution is 2.37. The van der Waals surface area contributed by atoms with Crippen molar-refractivity contribution in [3.8, 4) is 28.5 Å². The van der Waals surface area contributed by atoms with Gasteiger partial charge in [-0.25, -0.2) is 4.98 Å². The van der Waals surface area contributed by atoms with Crippen LogP contribution in [0.1, 0.15) is 0 Å². The zero-order valence-corrected chi connectivity index (χ0v) is 25.5. The molecule has 7 aromatic carbocycles. The van der Waals surface area contributed by atoms with Crippen molar-refractivity contribution < 1.29 is 0 Å². The highest BCUT2D eigenvalue weighted by atomic mass is 15.1. The Hall–Kier alpha value is -6.39. The van der Waals surface area contributed by atoms with Crippen molar-refractivity contribution in [1.82, 2.24) is 18.7 Å². The fraction of sp³-hybridized carbons (Fsp3) is 0. The number of hydrogen-bond acceptors (Lipinski definition) is 1. The van der Waals surface area contributed by atoms with Gasteiger partial charge in [-0.1, -0.05) is 84.9 Å². The lowest BCUT2D eigenvalue weighted by molar-refractivity contribution is 1.09. The molecule has 0 saturated carbocycles. The summed E-state index contributed by atoms with van der Waals surface area (Å²) in [5.74, 6) is 0.925. The normalized spacial score (nSPS) is 11.8. The second-order valence-corrected chi connectivity index (χ2v) is 12.1. The molecule has 220 valence electrons. The smallest absolute Gasteiger partial charge is 0.145 e. The molecule has 0 fully saturated rings. The van der Waals surface area contributed by atoms with E-state index in [1.807, 2.05) is 0 Å². The molecule has 0 atom stereocenters. The molecule has 0 aliphatic carbocycles.